The zero-order chi connectivity index (χ0) is 30.8. The van der Waals surface area contributed by atoms with Gasteiger partial charge < -0.3 is 24.8 Å². The number of hydroxylamine groups is 2. The first-order valence-electron chi connectivity index (χ1n) is 14.8. The topological polar surface area (TPSA) is 143 Å². The summed E-state index contributed by atoms with van der Waals surface area (Å²) in [6, 6.07) is 21.3. The van der Waals surface area contributed by atoms with Crippen LogP contribution in [0.4, 0.5) is 23.1 Å². The summed E-state index contributed by atoms with van der Waals surface area (Å²) < 4.78 is 25.5. The van der Waals surface area contributed by atoms with E-state index < -0.39 is 16.3 Å². The van der Waals surface area contributed by atoms with Crippen LogP contribution in [-0.2, 0) is 26.1 Å². The molecule has 45 heavy (non-hydrogen) atoms. The predicted molar refractivity (Wildman–Crippen MR) is 169 cm³/mol. The number of rotatable bonds is 9. The van der Waals surface area contributed by atoms with E-state index in [0.29, 0.717) is 42.7 Å². The van der Waals surface area contributed by atoms with Crippen LogP contribution >= 0.6 is 0 Å². The Balaban J connectivity index is 0.986. The molecule has 0 amide bonds. The van der Waals surface area contributed by atoms with Crippen molar-refractivity contribution in [3.63, 3.8) is 0 Å². The molecular formula is C30H34N8O6S. The molecule has 1 unspecified atom stereocenters. The van der Waals surface area contributed by atoms with Gasteiger partial charge in [-0.3, -0.25) is 14.4 Å². The molecule has 0 aliphatic carbocycles. The largest absolute Gasteiger partial charge is 0.369 e. The van der Waals surface area contributed by atoms with Crippen molar-refractivity contribution in [1.29, 1.82) is 0 Å². The van der Waals surface area contributed by atoms with Gasteiger partial charge in [-0.25, -0.2) is 13.4 Å². The van der Waals surface area contributed by atoms with Crippen LogP contribution < -0.4 is 35.2 Å². The molecule has 0 radical (unpaired) electrons. The second kappa shape index (κ2) is 12.5. The van der Waals surface area contributed by atoms with E-state index in [-0.39, 0.29) is 0 Å². The maximum absolute atomic E-state index is 11.5. The Kier molecular flexibility index (Phi) is 8.16. The van der Waals surface area contributed by atoms with E-state index in [1.807, 2.05) is 54.6 Å². The van der Waals surface area contributed by atoms with Crippen molar-refractivity contribution in [1.82, 2.24) is 20.8 Å². The van der Waals surface area contributed by atoms with E-state index in [4.69, 9.17) is 29.3 Å². The van der Waals surface area contributed by atoms with Gasteiger partial charge in [-0.2, -0.15) is 4.98 Å². The van der Waals surface area contributed by atoms with Gasteiger partial charge in [-0.15, -0.1) is 0 Å². The van der Waals surface area contributed by atoms with Crippen molar-refractivity contribution < 1.29 is 27.8 Å². The molecular weight excluding hydrogens is 600 g/mol. The first kappa shape index (κ1) is 29.3. The Morgan fingerprint density at radius 1 is 0.933 bits per heavy atom. The van der Waals surface area contributed by atoms with E-state index >= 15 is 0 Å². The van der Waals surface area contributed by atoms with Gasteiger partial charge in [-0.1, -0.05) is 29.9 Å². The Labute approximate surface area is 260 Å². The summed E-state index contributed by atoms with van der Waals surface area (Å²) in [7, 11) is -3.31. The molecule has 4 heterocycles. The zero-order valence-electron chi connectivity index (χ0n) is 24.7. The molecule has 2 saturated heterocycles. The number of nitrogens with one attached hydrogen (secondary N) is 3. The van der Waals surface area contributed by atoms with Gasteiger partial charge in [0.15, 0.2) is 11.5 Å². The highest BCUT2D eigenvalue weighted by Gasteiger charge is 2.34. The summed E-state index contributed by atoms with van der Waals surface area (Å²) in [5.41, 5.74) is 5.97. The minimum atomic E-state index is -3.31. The van der Waals surface area contributed by atoms with Crippen molar-refractivity contribution in [2.24, 2.45) is 0 Å². The summed E-state index contributed by atoms with van der Waals surface area (Å²) in [6.45, 7) is 4.24. The number of sulfonamides is 1. The van der Waals surface area contributed by atoms with Crippen molar-refractivity contribution in [2.45, 2.75) is 19.1 Å². The minimum absolute atomic E-state index is 0.419. The standard InChI is InChI=1S/C30H34N8O6S/c1-45(39,40)34-22-8-6-21(7-9-22)12-14-31-29-24-4-2-3-5-25(24)32-30(33-29)37-17-15-36(16-18-37)23-10-11-26-27(20-23)44-38(43-26)28-13-19-41-35-42-28/h2-11,20,28,34-35H,12-19H2,1H3,(H,31,32,33). The molecule has 7 rings (SSSR count). The van der Waals surface area contributed by atoms with E-state index in [2.05, 4.69) is 25.5 Å². The summed E-state index contributed by atoms with van der Waals surface area (Å²) in [4.78, 5) is 36.4. The van der Waals surface area contributed by atoms with Crippen LogP contribution in [0.3, 0.4) is 0 Å². The lowest BCUT2D eigenvalue weighted by Gasteiger charge is -2.36. The second-order valence-electron chi connectivity index (χ2n) is 11.0. The minimum Gasteiger partial charge on any atom is -0.369 e. The SMILES string of the molecule is CS(=O)(=O)Nc1ccc(CCNc2nc(N3CCN(c4ccc5c(c4)ON(C4CCONO4)O5)CC3)nc3ccccc23)cc1. The molecule has 0 bridgehead atoms. The normalized spacial score (nSPS) is 18.7. The van der Waals surface area contributed by atoms with Gasteiger partial charge in [0.25, 0.3) is 0 Å². The number of para-hydroxylation sites is 1. The lowest BCUT2D eigenvalue weighted by Crippen LogP contribution is -2.47. The molecule has 14 nitrogen and oxygen atoms in total. The Morgan fingerprint density at radius 3 is 2.49 bits per heavy atom. The van der Waals surface area contributed by atoms with E-state index in [1.165, 1.54) is 5.23 Å². The van der Waals surface area contributed by atoms with Crippen LogP contribution in [0.15, 0.2) is 66.7 Å². The first-order chi connectivity index (χ1) is 21.9. The highest BCUT2D eigenvalue weighted by molar-refractivity contribution is 7.92. The summed E-state index contributed by atoms with van der Waals surface area (Å²) in [5, 5.41) is 5.81. The monoisotopic (exact) mass is 634 g/mol. The number of fused-ring (bicyclic) bond motifs is 2. The second-order valence-corrected chi connectivity index (χ2v) is 12.8. The maximum Gasteiger partial charge on any atom is 0.229 e. The smallest absolute Gasteiger partial charge is 0.229 e. The molecule has 3 N–H and O–H groups in total. The lowest BCUT2D eigenvalue weighted by molar-refractivity contribution is -0.376. The molecule has 1 aromatic heterocycles. The zero-order valence-corrected chi connectivity index (χ0v) is 25.5. The Bertz CT molecular complexity index is 1760. The van der Waals surface area contributed by atoms with Crippen LogP contribution in [0.25, 0.3) is 10.9 Å². The van der Waals surface area contributed by atoms with Gasteiger partial charge >= 0.3 is 0 Å². The third-order valence-electron chi connectivity index (χ3n) is 7.73. The van der Waals surface area contributed by atoms with E-state index in [1.54, 1.807) is 12.1 Å². The fraction of sp³-hybridized carbons (Fsp3) is 0.333. The fourth-order valence-electron chi connectivity index (χ4n) is 5.45. The molecule has 1 atom stereocenters. The van der Waals surface area contributed by atoms with Crippen LogP contribution in [0.5, 0.6) is 11.5 Å². The summed E-state index contributed by atoms with van der Waals surface area (Å²) in [5.74, 6) is 2.76. The van der Waals surface area contributed by atoms with Crippen LogP contribution in [-0.4, -0.2) is 75.4 Å². The van der Waals surface area contributed by atoms with Gasteiger partial charge in [0, 0.05) is 62.0 Å². The molecule has 3 aliphatic heterocycles. The highest BCUT2D eigenvalue weighted by atomic mass is 32.2. The predicted octanol–water partition coefficient (Wildman–Crippen LogP) is 3.07. The number of hydrogen-bond acceptors (Lipinski definition) is 13. The van der Waals surface area contributed by atoms with Crippen molar-refractivity contribution in [3.8, 4) is 11.5 Å². The van der Waals surface area contributed by atoms with Crippen molar-refractivity contribution in [2.75, 3.05) is 65.4 Å². The van der Waals surface area contributed by atoms with E-state index in [0.717, 1.165) is 66.8 Å². The fourth-order valence-corrected chi connectivity index (χ4v) is 6.02. The summed E-state index contributed by atoms with van der Waals surface area (Å²) in [6.07, 6.45) is 2.07. The summed E-state index contributed by atoms with van der Waals surface area (Å²) >= 11 is 0. The van der Waals surface area contributed by atoms with E-state index in [9.17, 15) is 8.42 Å². The molecule has 0 spiro atoms. The molecule has 4 aromatic rings. The maximum atomic E-state index is 11.5. The van der Waals surface area contributed by atoms with Crippen LogP contribution in [0, 0.1) is 0 Å². The van der Waals surface area contributed by atoms with Crippen LogP contribution in [0.1, 0.15) is 12.0 Å². The number of nitrogens with zero attached hydrogens (tertiary/aromatic N) is 5. The lowest BCUT2D eigenvalue weighted by atomic mass is 10.1. The number of benzene rings is 3. The Morgan fingerprint density at radius 2 is 1.71 bits per heavy atom. The van der Waals surface area contributed by atoms with Gasteiger partial charge in [0.1, 0.15) is 5.82 Å². The van der Waals surface area contributed by atoms with Gasteiger partial charge in [-0.05, 0) is 48.4 Å². The highest BCUT2D eigenvalue weighted by Crippen LogP contribution is 2.39. The van der Waals surface area contributed by atoms with Crippen molar-refractivity contribution >= 4 is 44.1 Å². The third kappa shape index (κ3) is 6.82. The first-order valence-corrected chi connectivity index (χ1v) is 16.7. The quantitative estimate of drug-likeness (QED) is 0.249. The van der Waals surface area contributed by atoms with Gasteiger partial charge in [0.05, 0.1) is 23.6 Å². The molecule has 236 valence electrons. The van der Waals surface area contributed by atoms with Crippen LogP contribution in [0.2, 0.25) is 0 Å². The van der Waals surface area contributed by atoms with Gasteiger partial charge in [0.2, 0.25) is 22.2 Å². The molecule has 3 aromatic carbocycles. The average Bonchev–Trinajstić information content (AvgIpc) is 3.49. The molecule has 2 fully saturated rings. The molecule has 0 saturated carbocycles. The number of aromatic nitrogens is 2. The Hall–Kier alpha value is -4.41. The van der Waals surface area contributed by atoms with Crippen molar-refractivity contribution in [3.05, 3.63) is 72.3 Å². The third-order valence-corrected chi connectivity index (χ3v) is 8.34. The average molecular weight is 635 g/mol. The number of hydrogen-bond donors (Lipinski definition) is 3. The molecule has 3 aliphatic rings. The number of anilines is 4. The molecule has 15 heteroatoms. The number of piperazine rings is 1.